The average Bonchev–Trinajstić information content (AvgIpc) is 2.41. The molecule has 98 valence electrons. The Labute approximate surface area is 106 Å². The Balaban J connectivity index is 1.97. The third-order valence-corrected chi connectivity index (χ3v) is 3.47. The van der Waals surface area contributed by atoms with E-state index in [-0.39, 0.29) is 11.9 Å². The minimum atomic E-state index is -0.162. The van der Waals surface area contributed by atoms with E-state index in [0.29, 0.717) is 17.4 Å². The van der Waals surface area contributed by atoms with Gasteiger partial charge in [-0.05, 0) is 30.9 Å². The second-order valence-electron chi connectivity index (χ2n) is 4.79. The Morgan fingerprint density at radius 3 is 2.72 bits per heavy atom. The number of anilines is 1. The highest BCUT2D eigenvalue weighted by molar-refractivity contribution is 5.92. The molecule has 1 heterocycles. The summed E-state index contributed by atoms with van der Waals surface area (Å²) in [6, 6.07) is 3.50. The van der Waals surface area contributed by atoms with Gasteiger partial charge in [-0.25, -0.2) is 5.84 Å². The fraction of sp³-hybridized carbons (Fsp3) is 0.583. The van der Waals surface area contributed by atoms with Crippen molar-refractivity contribution in [1.82, 2.24) is 15.5 Å². The lowest BCUT2D eigenvalue weighted by Gasteiger charge is -2.29. The molecule has 1 amide bonds. The zero-order valence-corrected chi connectivity index (χ0v) is 10.5. The number of nitrogens with two attached hydrogens (primary N) is 1. The first kappa shape index (κ1) is 12.8. The standard InChI is InChI=1S/C12H19N5O/c1-8-4-2-3-5-9(8)14-12(18)10-6-7-11(15-13)17-16-10/h6-9H,2-5,13H2,1H3,(H,14,18)(H,15,17). The molecule has 0 saturated heterocycles. The van der Waals surface area contributed by atoms with E-state index in [4.69, 9.17) is 5.84 Å². The van der Waals surface area contributed by atoms with Crippen molar-refractivity contribution in [3.63, 3.8) is 0 Å². The molecule has 1 fully saturated rings. The summed E-state index contributed by atoms with van der Waals surface area (Å²) in [7, 11) is 0. The van der Waals surface area contributed by atoms with E-state index in [2.05, 4.69) is 27.9 Å². The summed E-state index contributed by atoms with van der Waals surface area (Å²) < 4.78 is 0. The predicted molar refractivity (Wildman–Crippen MR) is 68.7 cm³/mol. The lowest BCUT2D eigenvalue weighted by molar-refractivity contribution is 0.0904. The number of nitrogen functional groups attached to an aromatic ring is 1. The lowest BCUT2D eigenvalue weighted by atomic mass is 9.86. The third kappa shape index (κ3) is 2.95. The molecule has 6 heteroatoms. The number of hydrogen-bond acceptors (Lipinski definition) is 5. The molecule has 0 bridgehead atoms. The highest BCUT2D eigenvalue weighted by Gasteiger charge is 2.23. The molecule has 1 saturated carbocycles. The number of amides is 1. The van der Waals surface area contributed by atoms with Crippen molar-refractivity contribution in [3.8, 4) is 0 Å². The summed E-state index contributed by atoms with van der Waals surface area (Å²) in [5.74, 6) is 6.00. The summed E-state index contributed by atoms with van der Waals surface area (Å²) >= 11 is 0. The van der Waals surface area contributed by atoms with Crippen LogP contribution in [0.15, 0.2) is 12.1 Å². The lowest BCUT2D eigenvalue weighted by Crippen LogP contribution is -2.41. The molecule has 1 aromatic heterocycles. The van der Waals surface area contributed by atoms with Crippen LogP contribution in [0.3, 0.4) is 0 Å². The molecule has 0 spiro atoms. The molecule has 4 N–H and O–H groups in total. The average molecular weight is 249 g/mol. The number of carbonyl (C=O) groups excluding carboxylic acids is 1. The highest BCUT2D eigenvalue weighted by atomic mass is 16.2. The van der Waals surface area contributed by atoms with E-state index in [1.165, 1.54) is 19.3 Å². The van der Waals surface area contributed by atoms with Crippen LogP contribution < -0.4 is 16.6 Å². The van der Waals surface area contributed by atoms with Crippen molar-refractivity contribution < 1.29 is 4.79 Å². The SMILES string of the molecule is CC1CCCCC1NC(=O)c1ccc(NN)nn1. The van der Waals surface area contributed by atoms with Gasteiger partial charge in [0, 0.05) is 6.04 Å². The molecular formula is C12H19N5O. The fourth-order valence-corrected chi connectivity index (χ4v) is 2.30. The molecule has 2 atom stereocenters. The minimum absolute atomic E-state index is 0.162. The molecule has 2 rings (SSSR count). The van der Waals surface area contributed by atoms with Crippen LogP contribution in [0.2, 0.25) is 0 Å². The van der Waals surface area contributed by atoms with Crippen LogP contribution in [-0.4, -0.2) is 22.1 Å². The van der Waals surface area contributed by atoms with Gasteiger partial charge in [0.15, 0.2) is 11.5 Å². The number of rotatable bonds is 3. The van der Waals surface area contributed by atoms with E-state index < -0.39 is 0 Å². The number of nitrogens with zero attached hydrogens (tertiary/aromatic N) is 2. The normalized spacial score (nSPS) is 23.4. The van der Waals surface area contributed by atoms with Gasteiger partial charge in [0.05, 0.1) is 0 Å². The summed E-state index contributed by atoms with van der Waals surface area (Å²) in [6.07, 6.45) is 4.65. The van der Waals surface area contributed by atoms with Gasteiger partial charge < -0.3 is 10.7 Å². The van der Waals surface area contributed by atoms with Gasteiger partial charge in [0.25, 0.3) is 5.91 Å². The molecule has 2 unspecified atom stereocenters. The van der Waals surface area contributed by atoms with Crippen molar-refractivity contribution >= 4 is 11.7 Å². The van der Waals surface area contributed by atoms with Crippen molar-refractivity contribution in [3.05, 3.63) is 17.8 Å². The molecular weight excluding hydrogens is 230 g/mol. The molecule has 1 aliphatic rings. The van der Waals surface area contributed by atoms with Crippen molar-refractivity contribution in [2.75, 3.05) is 5.43 Å². The quantitative estimate of drug-likeness (QED) is 0.550. The van der Waals surface area contributed by atoms with Crippen LogP contribution >= 0.6 is 0 Å². The van der Waals surface area contributed by atoms with Gasteiger partial charge in [0.1, 0.15) is 0 Å². The Morgan fingerprint density at radius 1 is 1.33 bits per heavy atom. The monoisotopic (exact) mass is 249 g/mol. The van der Waals surface area contributed by atoms with Crippen LogP contribution in [0.25, 0.3) is 0 Å². The number of hydrogen-bond donors (Lipinski definition) is 3. The molecule has 0 radical (unpaired) electrons. The van der Waals surface area contributed by atoms with Crippen molar-refractivity contribution in [2.24, 2.45) is 11.8 Å². The van der Waals surface area contributed by atoms with Crippen molar-refractivity contribution in [2.45, 2.75) is 38.6 Å². The topological polar surface area (TPSA) is 92.9 Å². The van der Waals surface area contributed by atoms with Crippen LogP contribution in [0.1, 0.15) is 43.1 Å². The van der Waals surface area contributed by atoms with Crippen LogP contribution in [0.5, 0.6) is 0 Å². The van der Waals surface area contributed by atoms with E-state index in [9.17, 15) is 4.79 Å². The molecule has 1 aliphatic carbocycles. The largest absolute Gasteiger partial charge is 0.348 e. The predicted octanol–water partition coefficient (Wildman–Crippen LogP) is 1.07. The van der Waals surface area contributed by atoms with Crippen LogP contribution in [-0.2, 0) is 0 Å². The molecule has 0 aromatic carbocycles. The van der Waals surface area contributed by atoms with Crippen molar-refractivity contribution in [1.29, 1.82) is 0 Å². The molecule has 1 aromatic rings. The zero-order chi connectivity index (χ0) is 13.0. The fourth-order valence-electron chi connectivity index (χ4n) is 2.30. The minimum Gasteiger partial charge on any atom is -0.348 e. The second kappa shape index (κ2) is 5.77. The van der Waals surface area contributed by atoms with E-state index in [1.807, 2.05) is 0 Å². The van der Waals surface area contributed by atoms with Gasteiger partial charge in [-0.15, -0.1) is 10.2 Å². The maximum absolute atomic E-state index is 12.0. The van der Waals surface area contributed by atoms with Gasteiger partial charge in [-0.3, -0.25) is 4.79 Å². The first-order valence-electron chi connectivity index (χ1n) is 6.32. The first-order valence-corrected chi connectivity index (χ1v) is 6.32. The van der Waals surface area contributed by atoms with Crippen LogP contribution in [0.4, 0.5) is 5.82 Å². The number of nitrogens with one attached hydrogen (secondary N) is 2. The molecule has 18 heavy (non-hydrogen) atoms. The van der Waals surface area contributed by atoms with E-state index in [0.717, 1.165) is 6.42 Å². The maximum Gasteiger partial charge on any atom is 0.272 e. The Morgan fingerprint density at radius 2 is 2.11 bits per heavy atom. The Bertz CT molecular complexity index is 405. The van der Waals surface area contributed by atoms with Gasteiger partial charge in [-0.1, -0.05) is 19.8 Å². The van der Waals surface area contributed by atoms with Crippen LogP contribution in [0, 0.1) is 5.92 Å². The summed E-state index contributed by atoms with van der Waals surface area (Å²) in [5.41, 5.74) is 2.70. The second-order valence-corrected chi connectivity index (χ2v) is 4.79. The first-order chi connectivity index (χ1) is 8.70. The van der Waals surface area contributed by atoms with Gasteiger partial charge in [-0.2, -0.15) is 0 Å². The highest BCUT2D eigenvalue weighted by Crippen LogP contribution is 2.23. The van der Waals surface area contributed by atoms with Gasteiger partial charge in [0.2, 0.25) is 0 Å². The smallest absolute Gasteiger partial charge is 0.272 e. The molecule has 6 nitrogen and oxygen atoms in total. The Hall–Kier alpha value is -1.69. The summed E-state index contributed by atoms with van der Waals surface area (Å²) in [4.78, 5) is 12.0. The molecule has 0 aliphatic heterocycles. The van der Waals surface area contributed by atoms with Gasteiger partial charge >= 0.3 is 0 Å². The zero-order valence-electron chi connectivity index (χ0n) is 10.5. The number of carbonyl (C=O) groups is 1. The third-order valence-electron chi connectivity index (χ3n) is 3.47. The summed E-state index contributed by atoms with van der Waals surface area (Å²) in [5, 5.41) is 10.6. The number of aromatic nitrogens is 2. The Kier molecular flexibility index (Phi) is 4.09. The number of hydrazine groups is 1. The maximum atomic E-state index is 12.0. The summed E-state index contributed by atoms with van der Waals surface area (Å²) in [6.45, 7) is 2.18. The van der Waals surface area contributed by atoms with E-state index >= 15 is 0 Å². The van der Waals surface area contributed by atoms with E-state index in [1.54, 1.807) is 12.1 Å².